The lowest BCUT2D eigenvalue weighted by Gasteiger charge is -2.17. The lowest BCUT2D eigenvalue weighted by atomic mass is 10.2. The number of carbonyl (C=O) groups is 2. The lowest BCUT2D eigenvalue weighted by Crippen LogP contribution is -2.30. The molecule has 1 N–H and O–H groups in total. The molecule has 0 saturated carbocycles. The second kappa shape index (κ2) is 7.41. The predicted molar refractivity (Wildman–Crippen MR) is 87.3 cm³/mol. The van der Waals surface area contributed by atoms with Crippen LogP contribution < -0.4 is 5.32 Å². The van der Waals surface area contributed by atoms with Crippen molar-refractivity contribution in [3.63, 3.8) is 0 Å². The summed E-state index contributed by atoms with van der Waals surface area (Å²) in [6, 6.07) is 17.2. The Hall–Kier alpha value is -2.62. The monoisotopic (exact) mass is 296 g/mol. The van der Waals surface area contributed by atoms with Crippen LogP contribution in [0, 0.1) is 6.92 Å². The van der Waals surface area contributed by atoms with E-state index in [2.05, 4.69) is 5.32 Å². The Balaban J connectivity index is 1.87. The number of rotatable bonds is 5. The Morgan fingerprint density at radius 1 is 1.05 bits per heavy atom. The highest BCUT2D eigenvalue weighted by atomic mass is 16.2. The third kappa shape index (κ3) is 4.74. The van der Waals surface area contributed by atoms with Gasteiger partial charge in [-0.3, -0.25) is 9.59 Å². The summed E-state index contributed by atoms with van der Waals surface area (Å²) in [5.74, 6) is -0.496. The Morgan fingerprint density at radius 2 is 1.77 bits per heavy atom. The molecule has 0 radical (unpaired) electrons. The molecule has 0 bridgehead atoms. The van der Waals surface area contributed by atoms with Crippen LogP contribution in [-0.2, 0) is 16.1 Å². The lowest BCUT2D eigenvalue weighted by molar-refractivity contribution is -0.133. The van der Waals surface area contributed by atoms with E-state index < -0.39 is 0 Å². The fraction of sp³-hybridized carbons (Fsp3) is 0.222. The van der Waals surface area contributed by atoms with Crippen molar-refractivity contribution < 1.29 is 9.59 Å². The van der Waals surface area contributed by atoms with Gasteiger partial charge in [-0.05, 0) is 30.2 Å². The highest BCUT2D eigenvalue weighted by molar-refractivity contribution is 6.03. The number of nitrogens with zero attached hydrogens (tertiary/aromatic N) is 1. The number of amides is 2. The predicted octanol–water partition coefficient (Wildman–Crippen LogP) is 2.98. The maximum atomic E-state index is 12.1. The van der Waals surface area contributed by atoms with Gasteiger partial charge in [0.25, 0.3) is 0 Å². The van der Waals surface area contributed by atoms with E-state index in [1.165, 1.54) is 0 Å². The second-order valence-corrected chi connectivity index (χ2v) is 5.33. The number of anilines is 1. The first kappa shape index (κ1) is 15.8. The minimum Gasteiger partial charge on any atom is -0.341 e. The van der Waals surface area contributed by atoms with Gasteiger partial charge in [-0.25, -0.2) is 0 Å². The number of carbonyl (C=O) groups excluding carboxylic acids is 2. The first-order chi connectivity index (χ1) is 10.5. The molecule has 0 spiro atoms. The molecule has 0 aliphatic carbocycles. The highest BCUT2D eigenvalue weighted by Crippen LogP contribution is 2.10. The van der Waals surface area contributed by atoms with E-state index in [4.69, 9.17) is 0 Å². The molecular formula is C18H20N2O2. The van der Waals surface area contributed by atoms with Gasteiger partial charge in [0.05, 0.1) is 0 Å². The highest BCUT2D eigenvalue weighted by Gasteiger charge is 2.14. The molecule has 0 aliphatic rings. The van der Waals surface area contributed by atoms with Crippen LogP contribution in [0.1, 0.15) is 17.5 Å². The van der Waals surface area contributed by atoms with E-state index in [0.29, 0.717) is 12.2 Å². The molecule has 2 aromatic carbocycles. The van der Waals surface area contributed by atoms with Crippen molar-refractivity contribution in [2.75, 3.05) is 12.4 Å². The number of hydrogen-bond acceptors (Lipinski definition) is 2. The maximum absolute atomic E-state index is 12.1. The number of hydrogen-bond donors (Lipinski definition) is 1. The van der Waals surface area contributed by atoms with Crippen LogP contribution in [0.4, 0.5) is 5.69 Å². The molecule has 0 saturated heterocycles. The van der Waals surface area contributed by atoms with Crippen molar-refractivity contribution in [3.8, 4) is 0 Å². The van der Waals surface area contributed by atoms with Crippen molar-refractivity contribution in [1.29, 1.82) is 0 Å². The van der Waals surface area contributed by atoms with Gasteiger partial charge >= 0.3 is 0 Å². The summed E-state index contributed by atoms with van der Waals surface area (Å²) >= 11 is 0. The normalized spacial score (nSPS) is 10.1. The molecular weight excluding hydrogens is 276 g/mol. The van der Waals surface area contributed by atoms with Crippen molar-refractivity contribution in [2.24, 2.45) is 0 Å². The number of nitrogens with one attached hydrogen (secondary N) is 1. The molecule has 0 aromatic heterocycles. The molecule has 4 heteroatoms. The molecule has 2 aromatic rings. The van der Waals surface area contributed by atoms with E-state index >= 15 is 0 Å². The maximum Gasteiger partial charge on any atom is 0.233 e. The number of benzene rings is 2. The zero-order valence-electron chi connectivity index (χ0n) is 12.9. The van der Waals surface area contributed by atoms with Gasteiger partial charge in [0.15, 0.2) is 0 Å². The van der Waals surface area contributed by atoms with Gasteiger partial charge in [0.1, 0.15) is 6.42 Å². The Bertz CT molecular complexity index is 653. The van der Waals surface area contributed by atoms with Gasteiger partial charge in [0, 0.05) is 19.3 Å². The molecule has 22 heavy (non-hydrogen) atoms. The van der Waals surface area contributed by atoms with Gasteiger partial charge in [-0.1, -0.05) is 42.5 Å². The van der Waals surface area contributed by atoms with E-state index in [9.17, 15) is 9.59 Å². The van der Waals surface area contributed by atoms with Crippen LogP contribution in [0.2, 0.25) is 0 Å². The summed E-state index contributed by atoms with van der Waals surface area (Å²) in [6.07, 6.45) is -0.155. The van der Waals surface area contributed by atoms with Crippen LogP contribution in [0.15, 0.2) is 54.6 Å². The molecule has 2 amide bonds. The largest absolute Gasteiger partial charge is 0.341 e. The average Bonchev–Trinajstić information content (AvgIpc) is 2.48. The van der Waals surface area contributed by atoms with E-state index in [1.807, 2.05) is 61.5 Å². The topological polar surface area (TPSA) is 49.4 Å². The molecule has 0 unspecified atom stereocenters. The Labute approximate surface area is 130 Å². The molecule has 2 rings (SSSR count). The fourth-order valence-electron chi connectivity index (χ4n) is 2.15. The molecule has 114 valence electrons. The quantitative estimate of drug-likeness (QED) is 0.862. The molecule has 0 heterocycles. The van der Waals surface area contributed by atoms with Crippen molar-refractivity contribution in [2.45, 2.75) is 19.9 Å². The van der Waals surface area contributed by atoms with Gasteiger partial charge in [-0.2, -0.15) is 0 Å². The smallest absolute Gasteiger partial charge is 0.233 e. The fourth-order valence-corrected chi connectivity index (χ4v) is 2.15. The second-order valence-electron chi connectivity index (χ2n) is 5.33. The summed E-state index contributed by atoms with van der Waals surface area (Å²) in [5, 5.41) is 2.75. The first-order valence-electron chi connectivity index (χ1n) is 7.19. The number of aryl methyl sites for hydroxylation is 1. The van der Waals surface area contributed by atoms with Gasteiger partial charge in [0.2, 0.25) is 11.8 Å². The summed E-state index contributed by atoms with van der Waals surface area (Å²) in [6.45, 7) is 2.45. The Kier molecular flexibility index (Phi) is 5.31. The molecule has 0 atom stereocenters. The minimum atomic E-state index is -0.296. The van der Waals surface area contributed by atoms with Gasteiger partial charge in [-0.15, -0.1) is 0 Å². The van der Waals surface area contributed by atoms with Crippen molar-refractivity contribution in [1.82, 2.24) is 4.90 Å². The zero-order valence-corrected chi connectivity index (χ0v) is 12.9. The van der Waals surface area contributed by atoms with Crippen LogP contribution in [0.5, 0.6) is 0 Å². The third-order valence-electron chi connectivity index (χ3n) is 3.30. The molecule has 0 fully saturated rings. The van der Waals surface area contributed by atoms with Crippen molar-refractivity contribution >= 4 is 17.5 Å². The van der Waals surface area contributed by atoms with Crippen LogP contribution in [0.3, 0.4) is 0 Å². The Morgan fingerprint density at radius 3 is 2.45 bits per heavy atom. The molecule has 0 aliphatic heterocycles. The first-order valence-corrected chi connectivity index (χ1v) is 7.19. The van der Waals surface area contributed by atoms with Crippen LogP contribution >= 0.6 is 0 Å². The van der Waals surface area contributed by atoms with Gasteiger partial charge < -0.3 is 10.2 Å². The summed E-state index contributed by atoms with van der Waals surface area (Å²) < 4.78 is 0. The average molecular weight is 296 g/mol. The summed E-state index contributed by atoms with van der Waals surface area (Å²) in [4.78, 5) is 25.6. The van der Waals surface area contributed by atoms with Crippen LogP contribution in [-0.4, -0.2) is 23.8 Å². The van der Waals surface area contributed by atoms with E-state index in [-0.39, 0.29) is 18.2 Å². The van der Waals surface area contributed by atoms with Crippen LogP contribution in [0.25, 0.3) is 0 Å². The zero-order chi connectivity index (χ0) is 15.9. The summed E-state index contributed by atoms with van der Waals surface area (Å²) in [7, 11) is 1.70. The SMILES string of the molecule is Cc1cccc(NC(=O)CC(=O)N(C)Cc2ccccc2)c1. The van der Waals surface area contributed by atoms with E-state index in [1.54, 1.807) is 11.9 Å². The minimum absolute atomic E-state index is 0.155. The molecule has 4 nitrogen and oxygen atoms in total. The summed E-state index contributed by atoms with van der Waals surface area (Å²) in [5.41, 5.74) is 2.81. The standard InChI is InChI=1S/C18H20N2O2/c1-14-7-6-10-16(11-14)19-17(21)12-18(22)20(2)13-15-8-4-3-5-9-15/h3-11H,12-13H2,1-2H3,(H,19,21). The third-order valence-corrected chi connectivity index (χ3v) is 3.30. The van der Waals surface area contributed by atoms with E-state index in [0.717, 1.165) is 11.1 Å². The van der Waals surface area contributed by atoms with Crippen molar-refractivity contribution in [3.05, 3.63) is 65.7 Å².